The molecule has 0 bridgehead atoms. The quantitative estimate of drug-likeness (QED) is 0.762. The van der Waals surface area contributed by atoms with Gasteiger partial charge in [0, 0.05) is 23.8 Å². The first-order valence-electron chi connectivity index (χ1n) is 5.67. The maximum absolute atomic E-state index is 5.86. The topological polar surface area (TPSA) is 30.7 Å². The third-order valence-electron chi connectivity index (χ3n) is 3.08. The first-order chi connectivity index (χ1) is 7.67. The Labute approximate surface area is 100 Å². The van der Waals surface area contributed by atoms with Gasteiger partial charge < -0.3 is 4.57 Å². The highest BCUT2D eigenvalue weighted by Gasteiger charge is 2.13. The lowest BCUT2D eigenvalue weighted by Crippen LogP contribution is -2.06. The first kappa shape index (κ1) is 11.4. The standard InChI is InChI=1S/C12H16ClN3/c1-4-9(5-2)16-7-8(3)10-6-14-12(13)15-11(10)16/h6-7,9H,4-5H2,1-3H3. The normalized spacial score (nSPS) is 11.6. The van der Waals surface area contributed by atoms with Gasteiger partial charge in [-0.25, -0.2) is 4.98 Å². The van der Waals surface area contributed by atoms with Crippen LogP contribution in [-0.4, -0.2) is 14.5 Å². The van der Waals surface area contributed by atoms with Gasteiger partial charge in [-0.05, 0) is 36.9 Å². The van der Waals surface area contributed by atoms with Crippen molar-refractivity contribution in [3.05, 3.63) is 23.2 Å². The van der Waals surface area contributed by atoms with Gasteiger partial charge in [-0.15, -0.1) is 0 Å². The average molecular weight is 238 g/mol. The molecule has 0 saturated carbocycles. The molecule has 0 aliphatic heterocycles. The van der Waals surface area contributed by atoms with Gasteiger partial charge in [0.05, 0.1) is 0 Å². The molecule has 0 fully saturated rings. The van der Waals surface area contributed by atoms with E-state index in [4.69, 9.17) is 11.6 Å². The van der Waals surface area contributed by atoms with Gasteiger partial charge in [0.25, 0.3) is 0 Å². The number of hydrogen-bond acceptors (Lipinski definition) is 2. The van der Waals surface area contributed by atoms with Crippen molar-refractivity contribution in [3.63, 3.8) is 0 Å². The fourth-order valence-electron chi connectivity index (χ4n) is 2.13. The lowest BCUT2D eigenvalue weighted by atomic mass is 10.2. The molecule has 0 aromatic carbocycles. The summed E-state index contributed by atoms with van der Waals surface area (Å²) in [5, 5.41) is 1.41. The molecule has 0 aliphatic carbocycles. The lowest BCUT2D eigenvalue weighted by Gasteiger charge is -2.15. The Bertz CT molecular complexity index is 500. The summed E-state index contributed by atoms with van der Waals surface area (Å²) in [5.74, 6) is 0. The van der Waals surface area contributed by atoms with E-state index in [1.807, 2.05) is 0 Å². The van der Waals surface area contributed by atoms with E-state index in [9.17, 15) is 0 Å². The Morgan fingerprint density at radius 3 is 2.69 bits per heavy atom. The van der Waals surface area contributed by atoms with Crippen LogP contribution in [-0.2, 0) is 0 Å². The minimum absolute atomic E-state index is 0.317. The van der Waals surface area contributed by atoms with Crippen molar-refractivity contribution < 1.29 is 0 Å². The number of aromatic nitrogens is 3. The summed E-state index contributed by atoms with van der Waals surface area (Å²) in [7, 11) is 0. The third-order valence-corrected chi connectivity index (χ3v) is 3.26. The molecule has 0 atom stereocenters. The zero-order chi connectivity index (χ0) is 11.7. The Balaban J connectivity index is 2.65. The van der Waals surface area contributed by atoms with Gasteiger partial charge in [0.2, 0.25) is 5.28 Å². The SMILES string of the molecule is CCC(CC)n1cc(C)c2cnc(Cl)nc21. The number of rotatable bonds is 3. The third kappa shape index (κ3) is 1.80. The summed E-state index contributed by atoms with van der Waals surface area (Å²) in [6.07, 6.45) is 6.15. The van der Waals surface area contributed by atoms with E-state index in [-0.39, 0.29) is 0 Å². The number of hydrogen-bond donors (Lipinski definition) is 0. The molecule has 2 rings (SSSR count). The molecule has 2 aromatic heterocycles. The number of aryl methyl sites for hydroxylation is 1. The van der Waals surface area contributed by atoms with E-state index in [2.05, 4.69) is 41.5 Å². The van der Waals surface area contributed by atoms with Crippen molar-refractivity contribution in [3.8, 4) is 0 Å². The van der Waals surface area contributed by atoms with E-state index >= 15 is 0 Å². The first-order valence-corrected chi connectivity index (χ1v) is 6.04. The second-order valence-corrected chi connectivity index (χ2v) is 4.40. The number of fused-ring (bicyclic) bond motifs is 1. The smallest absolute Gasteiger partial charge is 0.224 e. The van der Waals surface area contributed by atoms with Gasteiger partial charge >= 0.3 is 0 Å². The van der Waals surface area contributed by atoms with E-state index < -0.39 is 0 Å². The second-order valence-electron chi connectivity index (χ2n) is 4.07. The van der Waals surface area contributed by atoms with Crippen LogP contribution in [0.4, 0.5) is 0 Å². The molecule has 3 nitrogen and oxygen atoms in total. The molecular formula is C12H16ClN3. The van der Waals surface area contributed by atoms with E-state index in [0.29, 0.717) is 11.3 Å². The minimum Gasteiger partial charge on any atom is -0.329 e. The van der Waals surface area contributed by atoms with Gasteiger partial charge in [0.1, 0.15) is 5.65 Å². The van der Waals surface area contributed by atoms with E-state index in [0.717, 1.165) is 23.9 Å². The van der Waals surface area contributed by atoms with Crippen molar-refractivity contribution in [1.29, 1.82) is 0 Å². The van der Waals surface area contributed by atoms with Crippen molar-refractivity contribution in [1.82, 2.24) is 14.5 Å². The molecule has 0 radical (unpaired) electrons. The van der Waals surface area contributed by atoms with Gasteiger partial charge in [-0.3, -0.25) is 0 Å². The highest BCUT2D eigenvalue weighted by molar-refractivity contribution is 6.28. The van der Waals surface area contributed by atoms with Crippen molar-refractivity contribution in [2.75, 3.05) is 0 Å². The Morgan fingerprint density at radius 1 is 1.38 bits per heavy atom. The summed E-state index contributed by atoms with van der Waals surface area (Å²) in [6, 6.07) is 0.488. The van der Waals surface area contributed by atoms with Crippen LogP contribution in [0.2, 0.25) is 5.28 Å². The Hall–Kier alpha value is -1.09. The Kier molecular flexibility index (Phi) is 3.15. The van der Waals surface area contributed by atoms with Crippen LogP contribution in [0.3, 0.4) is 0 Å². The number of nitrogens with zero attached hydrogens (tertiary/aromatic N) is 3. The molecule has 0 aliphatic rings. The van der Waals surface area contributed by atoms with E-state index in [1.54, 1.807) is 6.20 Å². The maximum Gasteiger partial charge on any atom is 0.224 e. The van der Waals surface area contributed by atoms with E-state index in [1.165, 1.54) is 5.56 Å². The molecule has 4 heteroatoms. The molecule has 0 spiro atoms. The molecule has 0 saturated heterocycles. The summed E-state index contributed by atoms with van der Waals surface area (Å²) >= 11 is 5.86. The van der Waals surface area contributed by atoms with Crippen molar-refractivity contribution in [2.24, 2.45) is 0 Å². The van der Waals surface area contributed by atoms with Crippen molar-refractivity contribution in [2.45, 2.75) is 39.7 Å². The highest BCUT2D eigenvalue weighted by atomic mass is 35.5. The molecule has 0 N–H and O–H groups in total. The second kappa shape index (κ2) is 4.42. The van der Waals surface area contributed by atoms with Crippen LogP contribution in [0.1, 0.15) is 38.3 Å². The predicted octanol–water partition coefficient (Wildman–Crippen LogP) is 3.75. The predicted molar refractivity (Wildman–Crippen MR) is 66.9 cm³/mol. The monoisotopic (exact) mass is 237 g/mol. The highest BCUT2D eigenvalue weighted by Crippen LogP contribution is 2.26. The summed E-state index contributed by atoms with van der Waals surface area (Å²) in [6.45, 7) is 6.47. The molecule has 0 amide bonds. The average Bonchev–Trinajstić information content (AvgIpc) is 2.58. The van der Waals surface area contributed by atoms with Gasteiger partial charge in [-0.2, -0.15) is 4.98 Å². The lowest BCUT2D eigenvalue weighted by molar-refractivity contribution is 0.482. The molecule has 86 valence electrons. The summed E-state index contributed by atoms with van der Waals surface area (Å²) in [4.78, 5) is 8.36. The van der Waals surface area contributed by atoms with Crippen molar-refractivity contribution >= 4 is 22.6 Å². The fraction of sp³-hybridized carbons (Fsp3) is 0.500. The van der Waals surface area contributed by atoms with Crippen LogP contribution in [0.15, 0.2) is 12.4 Å². The molecule has 0 unspecified atom stereocenters. The summed E-state index contributed by atoms with van der Waals surface area (Å²) < 4.78 is 2.22. The minimum atomic E-state index is 0.317. The van der Waals surface area contributed by atoms with Crippen LogP contribution >= 0.6 is 11.6 Å². The maximum atomic E-state index is 5.86. The molecule has 2 heterocycles. The van der Waals surface area contributed by atoms with Crippen LogP contribution < -0.4 is 0 Å². The number of halogens is 1. The van der Waals surface area contributed by atoms with Gasteiger partial charge in [0.15, 0.2) is 0 Å². The van der Waals surface area contributed by atoms with Crippen LogP contribution in [0.5, 0.6) is 0 Å². The largest absolute Gasteiger partial charge is 0.329 e. The van der Waals surface area contributed by atoms with Crippen LogP contribution in [0.25, 0.3) is 11.0 Å². The Morgan fingerprint density at radius 2 is 2.06 bits per heavy atom. The van der Waals surface area contributed by atoms with Gasteiger partial charge in [-0.1, -0.05) is 13.8 Å². The molecular weight excluding hydrogens is 222 g/mol. The summed E-state index contributed by atoms with van der Waals surface area (Å²) in [5.41, 5.74) is 2.16. The molecule has 2 aromatic rings. The zero-order valence-corrected chi connectivity index (χ0v) is 10.6. The van der Waals surface area contributed by atoms with Crippen LogP contribution in [0, 0.1) is 6.92 Å². The molecule has 16 heavy (non-hydrogen) atoms. The fourth-order valence-corrected chi connectivity index (χ4v) is 2.26. The zero-order valence-electron chi connectivity index (χ0n) is 9.87.